The minimum atomic E-state index is -1.67. The number of ether oxygens (including phenoxy) is 4. The molecular weight excluding hydrogens is 547 g/mol. The zero-order valence-corrected chi connectivity index (χ0v) is 27.5. The van der Waals surface area contributed by atoms with Crippen LogP contribution in [-0.4, -0.2) is 54.1 Å². The van der Waals surface area contributed by atoms with Gasteiger partial charge in [0.25, 0.3) is 0 Å². The topological polar surface area (TPSA) is 74.2 Å². The molecule has 5 fully saturated rings. The van der Waals surface area contributed by atoms with Gasteiger partial charge in [0.15, 0.2) is 12.4 Å². The zero-order chi connectivity index (χ0) is 30.7. The summed E-state index contributed by atoms with van der Waals surface area (Å²) in [5.74, 6) is 3.21. The van der Waals surface area contributed by atoms with Gasteiger partial charge in [-0.15, -0.1) is 0 Å². The number of aliphatic hydroxyl groups is 1. The molecule has 0 amide bonds. The summed E-state index contributed by atoms with van der Waals surface area (Å²) in [6.45, 7) is 14.9. The number of fused-ring (bicyclic) bond motifs is 3. The van der Waals surface area contributed by atoms with Crippen molar-refractivity contribution in [3.8, 4) is 0 Å². The van der Waals surface area contributed by atoms with Crippen molar-refractivity contribution in [2.45, 2.75) is 155 Å². The molecule has 12 atom stereocenters. The number of halogens is 1. The van der Waals surface area contributed by atoms with E-state index in [2.05, 4.69) is 27.7 Å². The van der Waals surface area contributed by atoms with Crippen LogP contribution in [0.1, 0.15) is 119 Å². The maximum atomic E-state index is 15.2. The summed E-state index contributed by atoms with van der Waals surface area (Å²) in [7, 11) is 0. The third-order valence-electron chi connectivity index (χ3n) is 14.5. The molecule has 242 valence electrons. The van der Waals surface area contributed by atoms with Gasteiger partial charge < -0.3 is 24.1 Å². The molecule has 1 saturated heterocycles. The molecular formula is C36H55FO6. The second kappa shape index (κ2) is 9.91. The summed E-state index contributed by atoms with van der Waals surface area (Å²) in [6.07, 6.45) is 9.31. The minimum absolute atomic E-state index is 0.0574. The molecule has 2 heterocycles. The van der Waals surface area contributed by atoms with Crippen LogP contribution in [0.25, 0.3) is 0 Å². The van der Waals surface area contributed by atoms with Gasteiger partial charge >= 0.3 is 5.97 Å². The lowest BCUT2D eigenvalue weighted by Crippen LogP contribution is -2.55. The van der Waals surface area contributed by atoms with E-state index in [1.807, 2.05) is 0 Å². The second-order valence-corrected chi connectivity index (χ2v) is 16.9. The average Bonchev–Trinajstić information content (AvgIpc) is 3.30. The van der Waals surface area contributed by atoms with Crippen LogP contribution < -0.4 is 0 Å². The van der Waals surface area contributed by atoms with Crippen LogP contribution in [0, 0.1) is 45.3 Å². The fraction of sp³-hybridized carbons (Fsp3) is 0.917. The predicted molar refractivity (Wildman–Crippen MR) is 160 cm³/mol. The van der Waals surface area contributed by atoms with Crippen molar-refractivity contribution in [3.05, 3.63) is 11.3 Å². The number of alkyl halides is 1. The van der Waals surface area contributed by atoms with E-state index in [0.29, 0.717) is 60.4 Å². The van der Waals surface area contributed by atoms with Crippen LogP contribution in [0.4, 0.5) is 4.39 Å². The summed E-state index contributed by atoms with van der Waals surface area (Å²) < 4.78 is 40.0. The molecule has 5 aliphatic carbocycles. The first kappa shape index (κ1) is 30.5. The normalized spacial score (nSPS) is 49.0. The summed E-state index contributed by atoms with van der Waals surface area (Å²) in [5.41, 5.74) is 0.762. The van der Waals surface area contributed by atoms with Crippen LogP contribution in [0.5, 0.6) is 0 Å². The SMILES string of the molecule is CC(=O)OC(C1CCC2=C(CC3C4CCC5C(C)(C)C(OC6CC(O)CCO6)CCC56C(C)C46CCC23C)O1)C(C)(C)F. The Morgan fingerprint density at radius 1 is 1.05 bits per heavy atom. The Balaban J connectivity index is 1.11. The number of allylic oxidation sites excluding steroid dienone is 2. The van der Waals surface area contributed by atoms with E-state index in [9.17, 15) is 9.90 Å². The summed E-state index contributed by atoms with van der Waals surface area (Å²) in [4.78, 5) is 11.9. The quantitative estimate of drug-likeness (QED) is 0.264. The smallest absolute Gasteiger partial charge is 0.303 e. The van der Waals surface area contributed by atoms with E-state index < -0.39 is 23.8 Å². The first-order valence-electron chi connectivity index (χ1n) is 17.4. The van der Waals surface area contributed by atoms with Gasteiger partial charge in [-0.25, -0.2) is 4.39 Å². The van der Waals surface area contributed by atoms with Gasteiger partial charge in [-0.2, -0.15) is 0 Å². The van der Waals surface area contributed by atoms with Crippen molar-refractivity contribution >= 4 is 5.97 Å². The number of rotatable bonds is 5. The maximum Gasteiger partial charge on any atom is 0.303 e. The first-order chi connectivity index (χ1) is 20.2. The van der Waals surface area contributed by atoms with Crippen molar-refractivity contribution < 1.29 is 33.2 Å². The van der Waals surface area contributed by atoms with E-state index in [1.165, 1.54) is 58.4 Å². The van der Waals surface area contributed by atoms with Crippen molar-refractivity contribution in [3.63, 3.8) is 0 Å². The van der Waals surface area contributed by atoms with Gasteiger partial charge in [0, 0.05) is 19.8 Å². The lowest BCUT2D eigenvalue weighted by atomic mass is 9.46. The fourth-order valence-corrected chi connectivity index (χ4v) is 12.7. The molecule has 0 bridgehead atoms. The van der Waals surface area contributed by atoms with Crippen LogP contribution in [-0.2, 0) is 23.7 Å². The predicted octanol–water partition coefficient (Wildman–Crippen LogP) is 7.27. The summed E-state index contributed by atoms with van der Waals surface area (Å²) in [5, 5.41) is 10.2. The molecule has 2 aliphatic heterocycles. The van der Waals surface area contributed by atoms with Crippen LogP contribution in [0.3, 0.4) is 0 Å². The Morgan fingerprint density at radius 2 is 1.81 bits per heavy atom. The van der Waals surface area contributed by atoms with Crippen LogP contribution in [0.15, 0.2) is 11.3 Å². The molecule has 1 N–H and O–H groups in total. The lowest BCUT2D eigenvalue weighted by Gasteiger charge is -2.59. The van der Waals surface area contributed by atoms with Crippen LogP contribution in [0.2, 0.25) is 0 Å². The Bertz CT molecular complexity index is 1170. The number of esters is 1. The highest BCUT2D eigenvalue weighted by Crippen LogP contribution is 2.89. The molecule has 6 nitrogen and oxygen atoms in total. The molecule has 12 unspecified atom stereocenters. The largest absolute Gasteiger partial charge is 0.491 e. The zero-order valence-electron chi connectivity index (χ0n) is 27.5. The molecule has 0 aromatic rings. The van der Waals surface area contributed by atoms with Gasteiger partial charge in [0.2, 0.25) is 0 Å². The Labute approximate surface area is 257 Å². The maximum absolute atomic E-state index is 15.2. The number of carbonyl (C=O) groups is 1. The monoisotopic (exact) mass is 602 g/mol. The minimum Gasteiger partial charge on any atom is -0.491 e. The third-order valence-corrected chi connectivity index (χ3v) is 14.5. The third kappa shape index (κ3) is 4.21. The summed E-state index contributed by atoms with van der Waals surface area (Å²) in [6, 6.07) is 0. The van der Waals surface area contributed by atoms with Crippen molar-refractivity contribution in [2.75, 3.05) is 6.61 Å². The standard InChI is InChI=1S/C36H55FO6/c1-20-35-16-15-34(7)24-8-10-26(31(33(5,6)37)41-21(2)38)42-27(24)19-25(34)23(35)9-11-28-32(3,4)29(12-14-36(20,28)35)43-30-18-22(39)13-17-40-30/h20,22-23,25-26,28-31,39H,8-19H2,1-7H3. The number of hydrogen-bond acceptors (Lipinski definition) is 6. The van der Waals surface area contributed by atoms with E-state index in [-0.39, 0.29) is 29.3 Å². The lowest BCUT2D eigenvalue weighted by molar-refractivity contribution is -0.248. The van der Waals surface area contributed by atoms with Crippen LogP contribution >= 0.6 is 0 Å². The van der Waals surface area contributed by atoms with Crippen molar-refractivity contribution in [1.29, 1.82) is 0 Å². The molecule has 2 spiro atoms. The van der Waals surface area contributed by atoms with Gasteiger partial charge in [0.05, 0.1) is 24.6 Å². The van der Waals surface area contributed by atoms with E-state index in [1.54, 1.807) is 0 Å². The molecule has 0 radical (unpaired) electrons. The fourth-order valence-electron chi connectivity index (χ4n) is 12.7. The van der Waals surface area contributed by atoms with Gasteiger partial charge in [0.1, 0.15) is 11.8 Å². The second-order valence-electron chi connectivity index (χ2n) is 16.9. The molecule has 0 aromatic carbocycles. The highest BCUT2D eigenvalue weighted by atomic mass is 19.1. The van der Waals surface area contributed by atoms with Crippen molar-refractivity contribution in [2.24, 2.45) is 45.3 Å². The Kier molecular flexibility index (Phi) is 7.02. The van der Waals surface area contributed by atoms with Crippen molar-refractivity contribution in [1.82, 2.24) is 0 Å². The molecule has 7 heteroatoms. The molecule has 7 rings (SSSR count). The molecule has 0 aromatic heterocycles. The Morgan fingerprint density at radius 3 is 2.51 bits per heavy atom. The van der Waals surface area contributed by atoms with E-state index >= 15 is 4.39 Å². The van der Waals surface area contributed by atoms with Gasteiger partial charge in [-0.05, 0) is 123 Å². The number of aliphatic hydroxyl groups excluding tert-OH is 1. The first-order valence-corrected chi connectivity index (χ1v) is 17.4. The number of carbonyl (C=O) groups excluding carboxylic acids is 1. The number of hydrogen-bond donors (Lipinski definition) is 1. The van der Waals surface area contributed by atoms with Gasteiger partial charge in [-0.1, -0.05) is 27.7 Å². The van der Waals surface area contributed by atoms with E-state index in [4.69, 9.17) is 18.9 Å². The molecule has 7 aliphatic rings. The van der Waals surface area contributed by atoms with E-state index in [0.717, 1.165) is 25.0 Å². The highest BCUT2D eigenvalue weighted by Gasteiger charge is 2.84. The Hall–Kier alpha value is -1.18. The highest BCUT2D eigenvalue weighted by molar-refractivity contribution is 5.66. The summed E-state index contributed by atoms with van der Waals surface area (Å²) >= 11 is 0. The molecule has 43 heavy (non-hydrogen) atoms. The van der Waals surface area contributed by atoms with Gasteiger partial charge in [-0.3, -0.25) is 4.79 Å². The molecule has 4 saturated carbocycles. The average molecular weight is 603 g/mol.